The van der Waals surface area contributed by atoms with Crippen molar-refractivity contribution in [3.8, 4) is 11.1 Å². The van der Waals surface area contributed by atoms with E-state index in [4.69, 9.17) is 5.73 Å². The van der Waals surface area contributed by atoms with Crippen LogP contribution in [0.2, 0.25) is 0 Å². The average Bonchev–Trinajstić information content (AvgIpc) is 2.69. The minimum absolute atomic E-state index is 0.160. The van der Waals surface area contributed by atoms with Crippen LogP contribution < -0.4 is 10.5 Å². The van der Waals surface area contributed by atoms with Gasteiger partial charge < -0.3 is 5.73 Å². The Kier molecular flexibility index (Phi) is 5.24. The van der Waals surface area contributed by atoms with E-state index in [1.807, 2.05) is 24.3 Å². The van der Waals surface area contributed by atoms with Gasteiger partial charge in [-0.2, -0.15) is 0 Å². The number of primary amides is 1. The van der Waals surface area contributed by atoms with Gasteiger partial charge in [-0.3, -0.25) is 14.8 Å². The Morgan fingerprint density at radius 1 is 1.04 bits per heavy atom. The Bertz CT molecular complexity index is 1050. The van der Waals surface area contributed by atoms with Crippen LogP contribution >= 0.6 is 0 Å². The highest BCUT2D eigenvalue weighted by molar-refractivity contribution is 7.89. The zero-order valence-electron chi connectivity index (χ0n) is 14.4. The van der Waals surface area contributed by atoms with Gasteiger partial charge in [0.25, 0.3) is 10.0 Å². The lowest BCUT2D eigenvalue weighted by molar-refractivity contribution is -0.118. The topological polar surface area (TPSA) is 128 Å². The number of carbonyl (C=O) groups excluding carboxylic acids is 1. The molecular weight excluding hydrogens is 366 g/mol. The van der Waals surface area contributed by atoms with Gasteiger partial charge in [0, 0.05) is 18.6 Å². The fourth-order valence-electron chi connectivity index (χ4n) is 2.62. The van der Waals surface area contributed by atoms with Crippen LogP contribution in [0.3, 0.4) is 0 Å². The fourth-order valence-corrected chi connectivity index (χ4v) is 3.25. The quantitative estimate of drug-likeness (QED) is 0.655. The van der Waals surface area contributed by atoms with E-state index in [1.165, 1.54) is 13.2 Å². The SMILES string of the molecule is CNS(=O)(=O)c1cncc(C(C(N)=O)c2ccc(-c3cccnc3)cc2)n1. The van der Waals surface area contributed by atoms with Crippen molar-refractivity contribution >= 4 is 15.9 Å². The van der Waals surface area contributed by atoms with Gasteiger partial charge in [-0.05, 0) is 29.8 Å². The number of hydrogen-bond acceptors (Lipinski definition) is 6. The van der Waals surface area contributed by atoms with E-state index in [1.54, 1.807) is 24.5 Å². The van der Waals surface area contributed by atoms with Gasteiger partial charge in [0.2, 0.25) is 5.91 Å². The van der Waals surface area contributed by atoms with Gasteiger partial charge in [-0.25, -0.2) is 18.1 Å². The summed E-state index contributed by atoms with van der Waals surface area (Å²) in [4.78, 5) is 24.1. The standard InChI is InChI=1S/C18H17N5O3S/c1-20-27(25,26)16-11-22-10-15(23-16)17(18(19)24)13-6-4-12(5-7-13)14-3-2-8-21-9-14/h2-11,17,20H,1H3,(H2,19,24). The molecule has 2 aromatic heterocycles. The molecule has 1 aromatic carbocycles. The summed E-state index contributed by atoms with van der Waals surface area (Å²) in [7, 11) is -2.52. The molecule has 8 nitrogen and oxygen atoms in total. The first-order valence-electron chi connectivity index (χ1n) is 7.97. The molecule has 0 saturated heterocycles. The van der Waals surface area contributed by atoms with Gasteiger partial charge in [0.15, 0.2) is 5.03 Å². The largest absolute Gasteiger partial charge is 0.369 e. The van der Waals surface area contributed by atoms with Gasteiger partial charge >= 0.3 is 0 Å². The summed E-state index contributed by atoms with van der Waals surface area (Å²) < 4.78 is 26.1. The highest BCUT2D eigenvalue weighted by Crippen LogP contribution is 2.26. The first-order chi connectivity index (χ1) is 12.9. The molecule has 0 aliphatic rings. The number of amides is 1. The number of nitrogens with two attached hydrogens (primary N) is 1. The average molecular weight is 383 g/mol. The third-order valence-electron chi connectivity index (χ3n) is 3.99. The van der Waals surface area contributed by atoms with Crippen molar-refractivity contribution in [2.75, 3.05) is 7.05 Å². The molecule has 1 atom stereocenters. The van der Waals surface area contributed by atoms with Crippen molar-refractivity contribution in [2.45, 2.75) is 10.9 Å². The van der Waals surface area contributed by atoms with Crippen molar-refractivity contribution in [1.82, 2.24) is 19.7 Å². The molecule has 0 saturated carbocycles. The molecule has 0 fully saturated rings. The first kappa shape index (κ1) is 18.6. The van der Waals surface area contributed by atoms with Crippen LogP contribution in [-0.4, -0.2) is 36.3 Å². The Labute approximate surface area is 156 Å². The van der Waals surface area contributed by atoms with Crippen molar-refractivity contribution in [1.29, 1.82) is 0 Å². The molecule has 3 N–H and O–H groups in total. The molecule has 2 heterocycles. The summed E-state index contributed by atoms with van der Waals surface area (Å²) in [5, 5.41) is -0.277. The minimum Gasteiger partial charge on any atom is -0.369 e. The molecule has 0 aliphatic heterocycles. The van der Waals surface area contributed by atoms with Crippen molar-refractivity contribution in [3.63, 3.8) is 0 Å². The molecule has 138 valence electrons. The smallest absolute Gasteiger partial charge is 0.259 e. The molecule has 9 heteroatoms. The predicted molar refractivity (Wildman–Crippen MR) is 99.0 cm³/mol. The number of benzene rings is 1. The summed E-state index contributed by atoms with van der Waals surface area (Å²) in [6.07, 6.45) is 5.86. The van der Waals surface area contributed by atoms with Crippen molar-refractivity contribution in [3.05, 3.63) is 72.4 Å². The molecule has 0 spiro atoms. The number of sulfonamides is 1. The normalized spacial score (nSPS) is 12.5. The lowest BCUT2D eigenvalue weighted by atomic mass is 9.93. The number of nitrogens with one attached hydrogen (secondary N) is 1. The summed E-state index contributed by atoms with van der Waals surface area (Å²) in [5.41, 5.74) is 8.16. The Morgan fingerprint density at radius 2 is 1.78 bits per heavy atom. The molecule has 0 aliphatic carbocycles. The molecule has 3 rings (SSSR count). The Balaban J connectivity index is 2.00. The summed E-state index contributed by atoms with van der Waals surface area (Å²) in [6.45, 7) is 0. The van der Waals surface area contributed by atoms with Gasteiger partial charge in [-0.15, -0.1) is 0 Å². The van der Waals surface area contributed by atoms with Gasteiger partial charge in [-0.1, -0.05) is 30.3 Å². The summed E-state index contributed by atoms with van der Waals surface area (Å²) in [5.74, 6) is -1.58. The molecular formula is C18H17N5O3S. The van der Waals surface area contributed by atoms with Crippen LogP contribution in [-0.2, 0) is 14.8 Å². The Morgan fingerprint density at radius 3 is 2.37 bits per heavy atom. The van der Waals surface area contributed by atoms with E-state index in [-0.39, 0.29) is 10.7 Å². The van der Waals surface area contributed by atoms with Crippen LogP contribution in [0.15, 0.2) is 66.2 Å². The second-order valence-corrected chi connectivity index (χ2v) is 7.52. The second kappa shape index (κ2) is 7.60. The molecule has 1 unspecified atom stereocenters. The van der Waals surface area contributed by atoms with Crippen LogP contribution in [0.4, 0.5) is 0 Å². The minimum atomic E-state index is -3.79. The maximum absolute atomic E-state index is 12.1. The van der Waals surface area contributed by atoms with E-state index >= 15 is 0 Å². The second-order valence-electron chi connectivity index (χ2n) is 5.69. The number of nitrogens with zero attached hydrogens (tertiary/aromatic N) is 3. The molecule has 1 amide bonds. The van der Waals surface area contributed by atoms with Crippen molar-refractivity contribution < 1.29 is 13.2 Å². The molecule has 27 heavy (non-hydrogen) atoms. The molecule has 3 aromatic rings. The zero-order valence-corrected chi connectivity index (χ0v) is 15.2. The van der Waals surface area contributed by atoms with Crippen LogP contribution in [0.5, 0.6) is 0 Å². The van der Waals surface area contributed by atoms with Crippen molar-refractivity contribution in [2.24, 2.45) is 5.73 Å². The first-order valence-corrected chi connectivity index (χ1v) is 9.46. The third-order valence-corrected chi connectivity index (χ3v) is 5.28. The summed E-state index contributed by atoms with van der Waals surface area (Å²) >= 11 is 0. The van der Waals surface area contributed by atoms with Crippen LogP contribution in [0.1, 0.15) is 17.2 Å². The van der Waals surface area contributed by atoms with E-state index in [0.29, 0.717) is 5.56 Å². The van der Waals surface area contributed by atoms with Gasteiger partial charge in [0.1, 0.15) is 5.92 Å². The molecule has 0 bridgehead atoms. The maximum atomic E-state index is 12.1. The maximum Gasteiger partial charge on any atom is 0.259 e. The molecule has 0 radical (unpaired) electrons. The Hall–Kier alpha value is -3.17. The third kappa shape index (κ3) is 3.99. The lowest BCUT2D eigenvalue weighted by Crippen LogP contribution is -2.25. The fraction of sp³-hybridized carbons (Fsp3) is 0.111. The van der Waals surface area contributed by atoms with Crippen LogP contribution in [0.25, 0.3) is 11.1 Å². The van der Waals surface area contributed by atoms with E-state index in [2.05, 4.69) is 19.7 Å². The highest BCUT2D eigenvalue weighted by Gasteiger charge is 2.24. The summed E-state index contributed by atoms with van der Waals surface area (Å²) in [6, 6.07) is 10.9. The number of aromatic nitrogens is 3. The predicted octanol–water partition coefficient (Wildman–Crippen LogP) is 1.06. The monoisotopic (exact) mass is 383 g/mol. The van der Waals surface area contributed by atoms with Gasteiger partial charge in [0.05, 0.1) is 11.9 Å². The number of rotatable bonds is 6. The zero-order chi connectivity index (χ0) is 19.4. The number of carbonyl (C=O) groups is 1. The number of pyridine rings is 1. The lowest BCUT2D eigenvalue weighted by Gasteiger charge is -2.14. The number of hydrogen-bond donors (Lipinski definition) is 2. The van der Waals surface area contributed by atoms with E-state index < -0.39 is 21.8 Å². The van der Waals surface area contributed by atoms with Crippen LogP contribution in [0, 0.1) is 0 Å². The van der Waals surface area contributed by atoms with E-state index in [9.17, 15) is 13.2 Å². The van der Waals surface area contributed by atoms with E-state index in [0.717, 1.165) is 17.3 Å². The highest BCUT2D eigenvalue weighted by atomic mass is 32.2.